The van der Waals surface area contributed by atoms with Gasteiger partial charge >= 0.3 is 0 Å². The van der Waals surface area contributed by atoms with Gasteiger partial charge in [-0.2, -0.15) is 0 Å². The molecule has 1 saturated carbocycles. The van der Waals surface area contributed by atoms with E-state index in [1.807, 2.05) is 0 Å². The third-order valence-electron chi connectivity index (χ3n) is 3.19. The molecule has 1 aliphatic carbocycles. The van der Waals surface area contributed by atoms with Crippen molar-refractivity contribution < 1.29 is 0 Å². The van der Waals surface area contributed by atoms with Gasteiger partial charge in [0.1, 0.15) is 0 Å². The molecule has 0 aromatic carbocycles. The molecule has 1 heteroatoms. The summed E-state index contributed by atoms with van der Waals surface area (Å²) in [6.07, 6.45) is 7.58. The van der Waals surface area contributed by atoms with E-state index in [9.17, 15) is 0 Å². The number of aryl methyl sites for hydroxylation is 1. The Morgan fingerprint density at radius 2 is 1.92 bits per heavy atom. The maximum Gasteiger partial charge on any atom is 0.0406 e. The van der Waals surface area contributed by atoms with E-state index in [4.69, 9.17) is 0 Å². The average molecular weight is 175 g/mol. The van der Waals surface area contributed by atoms with Crippen molar-refractivity contribution in [2.24, 2.45) is 0 Å². The summed E-state index contributed by atoms with van der Waals surface area (Å²) in [4.78, 5) is 0. The molecule has 0 bridgehead atoms. The van der Waals surface area contributed by atoms with Crippen molar-refractivity contribution in [1.29, 1.82) is 0 Å². The lowest BCUT2D eigenvalue weighted by molar-refractivity contribution is 0.509. The topological polar surface area (TPSA) is 4.93 Å². The first-order valence-electron chi connectivity index (χ1n) is 5.05. The summed E-state index contributed by atoms with van der Waals surface area (Å²) in [7, 11) is 0. The first-order valence-corrected chi connectivity index (χ1v) is 5.05. The number of rotatable bonds is 1. The Morgan fingerprint density at radius 1 is 1.31 bits per heavy atom. The molecule has 1 nitrogen and oxygen atoms in total. The summed E-state index contributed by atoms with van der Waals surface area (Å²) < 4.78 is 2.32. The van der Waals surface area contributed by atoms with E-state index in [1.165, 1.54) is 31.2 Å². The van der Waals surface area contributed by atoms with Gasteiger partial charge < -0.3 is 4.57 Å². The standard InChI is InChI=1S/C12H17N/c1-9-8-13(11(3)10(9)2)12-6-4-5-7-12/h8,12H,2-7H2,1H3. The number of aromatic nitrogens is 1. The maximum atomic E-state index is 4.09. The number of nitrogens with zero attached hydrogens (tertiary/aromatic N) is 1. The first kappa shape index (κ1) is 8.61. The average Bonchev–Trinajstić information content (AvgIpc) is 2.70. The van der Waals surface area contributed by atoms with Crippen LogP contribution in [-0.4, -0.2) is 4.57 Å². The van der Waals surface area contributed by atoms with Crippen LogP contribution in [0.3, 0.4) is 0 Å². The van der Waals surface area contributed by atoms with E-state index >= 15 is 0 Å². The van der Waals surface area contributed by atoms with Gasteiger partial charge in [0.05, 0.1) is 0 Å². The van der Waals surface area contributed by atoms with Gasteiger partial charge in [0, 0.05) is 17.6 Å². The molecule has 0 unspecified atom stereocenters. The second kappa shape index (κ2) is 3.06. The summed E-state index contributed by atoms with van der Waals surface area (Å²) >= 11 is 0. The molecule has 0 spiro atoms. The normalized spacial score (nSPS) is 18.2. The Hall–Kier alpha value is -0.980. The highest BCUT2D eigenvalue weighted by Gasteiger charge is 2.16. The van der Waals surface area contributed by atoms with Crippen LogP contribution < -0.4 is 10.6 Å². The Labute approximate surface area is 79.4 Å². The van der Waals surface area contributed by atoms with Gasteiger partial charge in [-0.05, 0) is 30.5 Å². The van der Waals surface area contributed by atoms with Gasteiger partial charge in [-0.3, -0.25) is 0 Å². The summed E-state index contributed by atoms with van der Waals surface area (Å²) in [6.45, 7) is 10.2. The smallest absolute Gasteiger partial charge is 0.0406 e. The fourth-order valence-electron chi connectivity index (χ4n) is 2.26. The molecule has 70 valence electrons. The van der Waals surface area contributed by atoms with E-state index in [0.29, 0.717) is 6.04 Å². The van der Waals surface area contributed by atoms with Crippen molar-refractivity contribution in [2.45, 2.75) is 38.6 Å². The van der Waals surface area contributed by atoms with Crippen LogP contribution in [0.1, 0.15) is 37.3 Å². The Balaban J connectivity index is 2.46. The molecule has 0 saturated heterocycles. The van der Waals surface area contributed by atoms with Crippen molar-refractivity contribution in [3.63, 3.8) is 0 Å². The molecule has 2 rings (SSSR count). The van der Waals surface area contributed by atoms with Crippen LogP contribution in [-0.2, 0) is 0 Å². The van der Waals surface area contributed by atoms with Gasteiger partial charge in [0.25, 0.3) is 0 Å². The zero-order valence-electron chi connectivity index (χ0n) is 8.34. The Morgan fingerprint density at radius 3 is 2.38 bits per heavy atom. The molecule has 1 aromatic heterocycles. The second-order valence-corrected chi connectivity index (χ2v) is 4.08. The molecular formula is C12H17N. The van der Waals surface area contributed by atoms with Gasteiger partial charge in [0.15, 0.2) is 0 Å². The predicted octanol–water partition coefficient (Wildman–Crippen LogP) is 1.73. The van der Waals surface area contributed by atoms with Crippen molar-refractivity contribution >= 4 is 13.2 Å². The van der Waals surface area contributed by atoms with Gasteiger partial charge in [-0.1, -0.05) is 26.0 Å². The first-order chi connectivity index (χ1) is 6.20. The van der Waals surface area contributed by atoms with Crippen LogP contribution in [0.25, 0.3) is 13.2 Å². The zero-order chi connectivity index (χ0) is 9.42. The number of hydrogen-bond acceptors (Lipinski definition) is 0. The van der Waals surface area contributed by atoms with Crippen molar-refractivity contribution in [1.82, 2.24) is 4.57 Å². The monoisotopic (exact) mass is 175 g/mol. The molecular weight excluding hydrogens is 158 g/mol. The minimum absolute atomic E-state index is 0.696. The molecule has 0 amide bonds. The van der Waals surface area contributed by atoms with E-state index in [0.717, 1.165) is 10.6 Å². The predicted molar refractivity (Wildman–Crippen MR) is 57.0 cm³/mol. The van der Waals surface area contributed by atoms with Gasteiger partial charge in [-0.15, -0.1) is 0 Å². The van der Waals surface area contributed by atoms with Crippen LogP contribution in [0, 0.1) is 6.92 Å². The van der Waals surface area contributed by atoms with Crippen LogP contribution in [0.5, 0.6) is 0 Å². The number of hydrogen-bond donors (Lipinski definition) is 0. The fourth-order valence-corrected chi connectivity index (χ4v) is 2.26. The Bertz CT molecular complexity index is 393. The summed E-state index contributed by atoms with van der Waals surface area (Å²) in [5.74, 6) is 0. The zero-order valence-corrected chi connectivity index (χ0v) is 8.34. The molecule has 1 aromatic rings. The molecule has 1 aliphatic rings. The quantitative estimate of drug-likeness (QED) is 0.612. The molecule has 0 N–H and O–H groups in total. The molecule has 0 aliphatic heterocycles. The summed E-state index contributed by atoms with van der Waals surface area (Å²) in [5, 5.41) is 2.23. The van der Waals surface area contributed by atoms with Crippen LogP contribution in [0.15, 0.2) is 6.20 Å². The highest BCUT2D eigenvalue weighted by atomic mass is 15.0. The lowest BCUT2D eigenvalue weighted by atomic mass is 10.2. The SMILES string of the molecule is C=c1c(C)cn(C2CCCC2)c1=C. The summed E-state index contributed by atoms with van der Waals surface area (Å²) in [5.41, 5.74) is 1.27. The second-order valence-electron chi connectivity index (χ2n) is 4.08. The minimum Gasteiger partial charge on any atom is -0.345 e. The molecule has 13 heavy (non-hydrogen) atoms. The van der Waals surface area contributed by atoms with Crippen molar-refractivity contribution in [2.75, 3.05) is 0 Å². The van der Waals surface area contributed by atoms with Gasteiger partial charge in [0.2, 0.25) is 0 Å². The van der Waals surface area contributed by atoms with E-state index in [2.05, 4.69) is 30.8 Å². The highest BCUT2D eigenvalue weighted by molar-refractivity contribution is 5.21. The Kier molecular flexibility index (Phi) is 2.03. The molecule has 1 heterocycles. The van der Waals surface area contributed by atoms with Crippen molar-refractivity contribution in [3.05, 3.63) is 22.3 Å². The van der Waals surface area contributed by atoms with Crippen molar-refractivity contribution in [3.8, 4) is 0 Å². The molecule has 1 fully saturated rings. The third-order valence-corrected chi connectivity index (χ3v) is 3.19. The largest absolute Gasteiger partial charge is 0.345 e. The third kappa shape index (κ3) is 1.32. The van der Waals surface area contributed by atoms with E-state index in [1.54, 1.807) is 0 Å². The van der Waals surface area contributed by atoms with E-state index < -0.39 is 0 Å². The van der Waals surface area contributed by atoms with Crippen LogP contribution >= 0.6 is 0 Å². The lowest BCUT2D eigenvalue weighted by Crippen LogP contribution is -2.28. The summed E-state index contributed by atoms with van der Waals surface area (Å²) in [6, 6.07) is 0.696. The molecule has 0 radical (unpaired) electrons. The molecule has 0 atom stereocenters. The fraction of sp³-hybridized carbons (Fsp3) is 0.500. The maximum absolute atomic E-state index is 4.09. The minimum atomic E-state index is 0.696. The van der Waals surface area contributed by atoms with Crippen LogP contribution in [0.4, 0.5) is 0 Å². The van der Waals surface area contributed by atoms with Crippen LogP contribution in [0.2, 0.25) is 0 Å². The van der Waals surface area contributed by atoms with E-state index in [-0.39, 0.29) is 0 Å². The highest BCUT2D eigenvalue weighted by Crippen LogP contribution is 2.27. The lowest BCUT2D eigenvalue weighted by Gasteiger charge is -2.11. The van der Waals surface area contributed by atoms with Gasteiger partial charge in [-0.25, -0.2) is 0 Å².